The highest BCUT2D eigenvalue weighted by Crippen LogP contribution is 2.33. The number of amides is 1. The van der Waals surface area contributed by atoms with Crippen molar-refractivity contribution in [2.24, 2.45) is 0 Å². The molecule has 3 N–H and O–H groups in total. The lowest BCUT2D eigenvalue weighted by Crippen LogP contribution is -2.10. The third-order valence-electron chi connectivity index (χ3n) is 3.08. The van der Waals surface area contributed by atoms with Crippen molar-refractivity contribution >= 4 is 11.6 Å². The third-order valence-corrected chi connectivity index (χ3v) is 3.08. The molecule has 106 valence electrons. The van der Waals surface area contributed by atoms with Crippen LogP contribution in [0, 0.1) is 12.3 Å². The second-order valence-electron chi connectivity index (χ2n) is 4.58. The van der Waals surface area contributed by atoms with Crippen LogP contribution in [0.1, 0.15) is 11.1 Å². The van der Waals surface area contributed by atoms with E-state index >= 15 is 0 Å². The van der Waals surface area contributed by atoms with Gasteiger partial charge in [-0.15, -0.1) is 6.42 Å². The van der Waals surface area contributed by atoms with Crippen molar-refractivity contribution in [2.75, 3.05) is 5.32 Å². The van der Waals surface area contributed by atoms with Crippen molar-refractivity contribution in [1.29, 1.82) is 0 Å². The summed E-state index contributed by atoms with van der Waals surface area (Å²) in [6.45, 7) is 0. The van der Waals surface area contributed by atoms with Crippen LogP contribution >= 0.6 is 0 Å². The Balaban J connectivity index is 2.25. The largest absolute Gasteiger partial charge is 0.508 e. The minimum absolute atomic E-state index is 0.0609. The van der Waals surface area contributed by atoms with Gasteiger partial charge in [-0.25, -0.2) is 0 Å². The predicted octanol–water partition coefficient (Wildman–Crippen LogP) is 2.45. The van der Waals surface area contributed by atoms with E-state index in [1.165, 1.54) is 6.07 Å². The Hall–Kier alpha value is -2.93. The fourth-order valence-electron chi connectivity index (χ4n) is 2.08. The molecule has 0 bridgehead atoms. The van der Waals surface area contributed by atoms with Gasteiger partial charge in [0.25, 0.3) is 5.91 Å². The number of phenolic OH excluding ortho intramolecular Hbond substituents is 2. The maximum Gasteiger partial charge on any atom is 0.300 e. The van der Waals surface area contributed by atoms with Crippen molar-refractivity contribution in [1.82, 2.24) is 0 Å². The first-order valence-corrected chi connectivity index (χ1v) is 6.46. The van der Waals surface area contributed by atoms with Gasteiger partial charge in [0, 0.05) is 6.07 Å². The maximum atomic E-state index is 11.3. The monoisotopic (exact) mass is 281 g/mol. The molecule has 2 aromatic carbocycles. The molecule has 4 nitrogen and oxygen atoms in total. The summed E-state index contributed by atoms with van der Waals surface area (Å²) in [5.74, 6) is 1.02. The molecule has 0 spiro atoms. The van der Waals surface area contributed by atoms with E-state index in [1.54, 1.807) is 0 Å². The Kier molecular flexibility index (Phi) is 4.47. The number of carbonyl (C=O) groups excluding carboxylic acids is 1. The molecule has 0 saturated carbocycles. The number of carbonyl (C=O) groups is 1. The molecule has 0 aliphatic heterocycles. The van der Waals surface area contributed by atoms with Crippen LogP contribution in [0.5, 0.6) is 11.5 Å². The molecular formula is C17H15NO3. The van der Waals surface area contributed by atoms with Crippen LogP contribution in [0.2, 0.25) is 0 Å². The van der Waals surface area contributed by atoms with Gasteiger partial charge >= 0.3 is 0 Å². The highest BCUT2D eigenvalue weighted by atomic mass is 16.3. The molecular weight excluding hydrogens is 266 g/mol. The van der Waals surface area contributed by atoms with Crippen molar-refractivity contribution < 1.29 is 15.0 Å². The normalized spacial score (nSPS) is 9.86. The van der Waals surface area contributed by atoms with E-state index in [0.29, 0.717) is 18.4 Å². The smallest absolute Gasteiger partial charge is 0.300 e. The first kappa shape index (κ1) is 14.5. The summed E-state index contributed by atoms with van der Waals surface area (Å²) < 4.78 is 0. The molecule has 0 unspecified atom stereocenters. The quantitative estimate of drug-likeness (QED) is 0.458. The van der Waals surface area contributed by atoms with Gasteiger partial charge < -0.3 is 15.5 Å². The molecule has 0 saturated heterocycles. The van der Waals surface area contributed by atoms with Crippen LogP contribution in [0.3, 0.4) is 0 Å². The lowest BCUT2D eigenvalue weighted by atomic mass is 10.0. The van der Waals surface area contributed by atoms with E-state index in [4.69, 9.17) is 6.42 Å². The SMILES string of the molecule is C#CC(=O)Nc1c(O)cc(O)cc1CCc1ccccc1. The van der Waals surface area contributed by atoms with Crippen molar-refractivity contribution in [3.05, 3.63) is 53.6 Å². The zero-order chi connectivity index (χ0) is 15.2. The number of nitrogens with one attached hydrogen (secondary N) is 1. The number of hydrogen-bond donors (Lipinski definition) is 3. The van der Waals surface area contributed by atoms with Crippen molar-refractivity contribution in [3.8, 4) is 23.8 Å². The van der Waals surface area contributed by atoms with Gasteiger partial charge in [0.05, 0.1) is 5.69 Å². The fraction of sp³-hybridized carbons (Fsp3) is 0.118. The first-order valence-electron chi connectivity index (χ1n) is 6.46. The molecule has 0 fully saturated rings. The first-order chi connectivity index (χ1) is 10.1. The maximum absolute atomic E-state index is 11.3. The molecule has 2 rings (SSSR count). The lowest BCUT2D eigenvalue weighted by molar-refractivity contribution is -0.111. The fourth-order valence-corrected chi connectivity index (χ4v) is 2.08. The molecule has 0 aromatic heterocycles. The Morgan fingerprint density at radius 1 is 1.14 bits per heavy atom. The Labute approximate surface area is 123 Å². The molecule has 0 aliphatic carbocycles. The summed E-state index contributed by atoms with van der Waals surface area (Å²) in [6, 6.07) is 12.5. The average Bonchev–Trinajstić information content (AvgIpc) is 2.49. The molecule has 2 aromatic rings. The van der Waals surface area contributed by atoms with E-state index < -0.39 is 5.91 Å². The number of anilines is 1. The summed E-state index contributed by atoms with van der Waals surface area (Å²) in [5.41, 5.74) is 1.99. The van der Waals surface area contributed by atoms with Crippen LogP contribution in [0.15, 0.2) is 42.5 Å². The van der Waals surface area contributed by atoms with Crippen LogP contribution in [-0.2, 0) is 17.6 Å². The molecule has 0 heterocycles. The average molecular weight is 281 g/mol. The van der Waals surface area contributed by atoms with Crippen LogP contribution in [-0.4, -0.2) is 16.1 Å². The molecule has 21 heavy (non-hydrogen) atoms. The molecule has 0 radical (unpaired) electrons. The van der Waals surface area contributed by atoms with Gasteiger partial charge in [-0.1, -0.05) is 30.3 Å². The van der Waals surface area contributed by atoms with Crippen LogP contribution in [0.25, 0.3) is 0 Å². The molecule has 0 aliphatic rings. The third kappa shape index (κ3) is 3.77. The molecule has 0 atom stereocenters. The number of terminal acetylenes is 1. The van der Waals surface area contributed by atoms with Crippen molar-refractivity contribution in [3.63, 3.8) is 0 Å². The predicted molar refractivity (Wildman–Crippen MR) is 81.1 cm³/mol. The van der Waals surface area contributed by atoms with Gasteiger partial charge in [-0.3, -0.25) is 4.79 Å². The number of rotatable bonds is 4. The standard InChI is InChI=1S/C17H15NO3/c1-2-16(21)18-17-13(10-14(19)11-15(17)20)9-8-12-6-4-3-5-7-12/h1,3-7,10-11,19-20H,8-9H2,(H,18,21). The highest BCUT2D eigenvalue weighted by Gasteiger charge is 2.12. The van der Waals surface area contributed by atoms with Crippen LogP contribution in [0.4, 0.5) is 5.69 Å². The number of benzene rings is 2. The Morgan fingerprint density at radius 2 is 1.86 bits per heavy atom. The highest BCUT2D eigenvalue weighted by molar-refractivity contribution is 6.04. The summed E-state index contributed by atoms with van der Waals surface area (Å²) in [5, 5.41) is 21.9. The number of aryl methyl sites for hydroxylation is 2. The topological polar surface area (TPSA) is 69.6 Å². The van der Waals surface area contributed by atoms with Gasteiger partial charge in [0.15, 0.2) is 0 Å². The lowest BCUT2D eigenvalue weighted by Gasteiger charge is -2.12. The van der Waals surface area contributed by atoms with Gasteiger partial charge in [-0.05, 0) is 36.0 Å². The number of hydrogen-bond acceptors (Lipinski definition) is 3. The number of aromatic hydroxyl groups is 2. The van der Waals surface area contributed by atoms with Crippen molar-refractivity contribution in [2.45, 2.75) is 12.8 Å². The van der Waals surface area contributed by atoms with E-state index in [-0.39, 0.29) is 17.2 Å². The second kappa shape index (κ2) is 6.49. The summed E-state index contributed by atoms with van der Waals surface area (Å²) in [6.07, 6.45) is 6.28. The minimum atomic E-state index is -0.642. The zero-order valence-corrected chi connectivity index (χ0v) is 11.3. The van der Waals surface area contributed by atoms with E-state index in [2.05, 4.69) is 5.32 Å². The molecule has 1 amide bonds. The van der Waals surface area contributed by atoms with Gasteiger partial charge in [0.1, 0.15) is 11.5 Å². The van der Waals surface area contributed by atoms with Gasteiger partial charge in [-0.2, -0.15) is 0 Å². The second-order valence-corrected chi connectivity index (χ2v) is 4.58. The zero-order valence-electron chi connectivity index (χ0n) is 11.3. The summed E-state index contributed by atoms with van der Waals surface area (Å²) >= 11 is 0. The van der Waals surface area contributed by atoms with E-state index in [9.17, 15) is 15.0 Å². The summed E-state index contributed by atoms with van der Waals surface area (Å²) in [4.78, 5) is 11.3. The summed E-state index contributed by atoms with van der Waals surface area (Å²) in [7, 11) is 0. The van der Waals surface area contributed by atoms with Gasteiger partial charge in [0.2, 0.25) is 0 Å². The van der Waals surface area contributed by atoms with E-state index in [0.717, 1.165) is 11.6 Å². The number of phenols is 2. The van der Waals surface area contributed by atoms with E-state index in [1.807, 2.05) is 36.3 Å². The van der Waals surface area contributed by atoms with Crippen LogP contribution < -0.4 is 5.32 Å². The Morgan fingerprint density at radius 3 is 2.52 bits per heavy atom. The Bertz CT molecular complexity index is 687. The minimum Gasteiger partial charge on any atom is -0.508 e. The molecule has 4 heteroatoms.